The van der Waals surface area contributed by atoms with Crippen LogP contribution in [-0.2, 0) is 9.59 Å². The first-order chi connectivity index (χ1) is 7.79. The van der Waals surface area contributed by atoms with Crippen molar-refractivity contribution in [2.75, 3.05) is 0 Å². The zero-order valence-corrected chi connectivity index (χ0v) is 10.6. The largest absolute Gasteiger partial charge is 0.480 e. The van der Waals surface area contributed by atoms with Crippen LogP contribution in [0.1, 0.15) is 34.1 Å². The minimum Gasteiger partial charge on any atom is -0.480 e. The van der Waals surface area contributed by atoms with Crippen molar-refractivity contribution in [3.63, 3.8) is 0 Å². The van der Waals surface area contributed by atoms with Gasteiger partial charge in [-0.1, -0.05) is 32.9 Å². The molecule has 0 aromatic heterocycles. The van der Waals surface area contributed by atoms with Gasteiger partial charge in [-0.05, 0) is 18.3 Å². The Labute approximate surface area is 101 Å². The molecule has 6 heteroatoms. The number of nitroso groups, excluding NO2 is 1. The molecule has 0 aliphatic rings. The molecule has 0 unspecified atom stereocenters. The molecule has 17 heavy (non-hydrogen) atoms. The van der Waals surface area contributed by atoms with Crippen LogP contribution in [0, 0.1) is 16.7 Å². The minimum atomic E-state index is -1.10. The molecule has 0 fully saturated rings. The van der Waals surface area contributed by atoms with Gasteiger partial charge in [-0.2, -0.15) is 0 Å². The van der Waals surface area contributed by atoms with Gasteiger partial charge in [-0.15, -0.1) is 4.91 Å². The third-order valence-corrected chi connectivity index (χ3v) is 2.34. The van der Waals surface area contributed by atoms with Gasteiger partial charge in [0.2, 0.25) is 5.91 Å². The Morgan fingerprint density at radius 1 is 1.24 bits per heavy atom. The monoisotopic (exact) mass is 244 g/mol. The highest BCUT2D eigenvalue weighted by molar-refractivity contribution is 5.87. The second kappa shape index (κ2) is 6.98. The van der Waals surface area contributed by atoms with Crippen molar-refractivity contribution in [1.29, 1.82) is 0 Å². The summed E-state index contributed by atoms with van der Waals surface area (Å²) in [5.74, 6) is -1.83. The fourth-order valence-electron chi connectivity index (χ4n) is 1.42. The summed E-state index contributed by atoms with van der Waals surface area (Å²) in [4.78, 5) is 33.1. The van der Waals surface area contributed by atoms with Gasteiger partial charge in [0.25, 0.3) is 0 Å². The number of amides is 1. The topological polar surface area (TPSA) is 95.8 Å². The molecule has 0 aliphatic carbocycles. The van der Waals surface area contributed by atoms with Gasteiger partial charge < -0.3 is 10.4 Å². The maximum atomic E-state index is 11.6. The summed E-state index contributed by atoms with van der Waals surface area (Å²) < 4.78 is 0. The molecular weight excluding hydrogens is 224 g/mol. The van der Waals surface area contributed by atoms with Crippen molar-refractivity contribution in [2.45, 2.75) is 46.2 Å². The molecule has 0 rings (SSSR count). The van der Waals surface area contributed by atoms with Gasteiger partial charge >= 0.3 is 5.97 Å². The Bertz CT molecular complexity index is 289. The zero-order chi connectivity index (χ0) is 13.6. The molecule has 0 aliphatic heterocycles. The molecule has 0 saturated heterocycles. The maximum absolute atomic E-state index is 11.6. The van der Waals surface area contributed by atoms with Crippen LogP contribution in [0.5, 0.6) is 0 Å². The highest BCUT2D eigenvalue weighted by Gasteiger charge is 2.28. The molecule has 6 nitrogen and oxygen atoms in total. The molecule has 0 bridgehead atoms. The number of carbonyl (C=O) groups is 2. The average molecular weight is 244 g/mol. The lowest BCUT2D eigenvalue weighted by Gasteiger charge is -2.19. The minimum absolute atomic E-state index is 0.137. The summed E-state index contributed by atoms with van der Waals surface area (Å²) >= 11 is 0. The molecule has 2 atom stereocenters. The Balaban J connectivity index is 4.59. The van der Waals surface area contributed by atoms with Crippen LogP contribution in [-0.4, -0.2) is 29.1 Å². The molecule has 0 aromatic rings. The van der Waals surface area contributed by atoms with E-state index in [1.807, 2.05) is 13.8 Å². The average Bonchev–Trinajstić information content (AvgIpc) is 2.15. The molecule has 98 valence electrons. The number of carbonyl (C=O) groups excluding carboxylic acids is 1. The molecule has 0 heterocycles. The molecule has 0 spiro atoms. The van der Waals surface area contributed by atoms with E-state index in [-0.39, 0.29) is 11.8 Å². The summed E-state index contributed by atoms with van der Waals surface area (Å²) in [6.45, 7) is 7.09. The second-order valence-corrected chi connectivity index (χ2v) is 4.82. The quantitative estimate of drug-likeness (QED) is 0.661. The Morgan fingerprint density at radius 3 is 2.06 bits per heavy atom. The maximum Gasteiger partial charge on any atom is 0.326 e. The van der Waals surface area contributed by atoms with Crippen LogP contribution in [0.2, 0.25) is 0 Å². The van der Waals surface area contributed by atoms with E-state index < -0.39 is 24.0 Å². The predicted molar refractivity (Wildman–Crippen MR) is 63.4 cm³/mol. The van der Waals surface area contributed by atoms with Gasteiger partial charge in [0, 0.05) is 0 Å². The van der Waals surface area contributed by atoms with E-state index in [4.69, 9.17) is 5.11 Å². The molecular formula is C11H20N2O4. The van der Waals surface area contributed by atoms with Crippen LogP contribution in [0.25, 0.3) is 0 Å². The van der Waals surface area contributed by atoms with E-state index >= 15 is 0 Å². The number of nitrogens with one attached hydrogen (secondary N) is 1. The van der Waals surface area contributed by atoms with Gasteiger partial charge in [-0.25, -0.2) is 4.79 Å². The zero-order valence-electron chi connectivity index (χ0n) is 10.6. The molecule has 2 N–H and O–H groups in total. The van der Waals surface area contributed by atoms with E-state index in [0.717, 1.165) is 0 Å². The third kappa shape index (κ3) is 5.42. The molecule has 0 saturated carbocycles. The summed E-state index contributed by atoms with van der Waals surface area (Å²) in [5, 5.41) is 14.0. The highest BCUT2D eigenvalue weighted by Crippen LogP contribution is 2.09. The first-order valence-electron chi connectivity index (χ1n) is 5.65. The molecule has 0 aromatic carbocycles. The Hall–Kier alpha value is -1.46. The van der Waals surface area contributed by atoms with Crippen LogP contribution in [0.3, 0.4) is 0 Å². The number of carboxylic acids is 1. The van der Waals surface area contributed by atoms with Crippen molar-refractivity contribution >= 4 is 11.9 Å². The lowest BCUT2D eigenvalue weighted by molar-refractivity contribution is -0.142. The smallest absolute Gasteiger partial charge is 0.326 e. The van der Waals surface area contributed by atoms with Gasteiger partial charge in [0.1, 0.15) is 6.04 Å². The van der Waals surface area contributed by atoms with Gasteiger partial charge in [0.05, 0.1) is 0 Å². The van der Waals surface area contributed by atoms with E-state index in [1.165, 1.54) is 0 Å². The number of hydrogen-bond acceptors (Lipinski definition) is 4. The standard InChI is InChI=1S/C11H20N2O4/c1-6(2)5-8(11(15)16)12-10(14)9(13-17)7(3)4/h6-9H,5H2,1-4H3,(H,12,14)(H,15,16)/t8-,9-/m0/s1. The van der Waals surface area contributed by atoms with Crippen LogP contribution in [0.15, 0.2) is 5.18 Å². The summed E-state index contributed by atoms with van der Waals surface area (Å²) in [5.41, 5.74) is 0. The Kier molecular flexibility index (Phi) is 6.38. The highest BCUT2D eigenvalue weighted by atomic mass is 16.4. The number of carboxylic acid groups (broad SMARTS) is 1. The van der Waals surface area contributed by atoms with Crippen molar-refractivity contribution in [1.82, 2.24) is 5.32 Å². The van der Waals surface area contributed by atoms with E-state index in [0.29, 0.717) is 6.42 Å². The van der Waals surface area contributed by atoms with Crippen molar-refractivity contribution < 1.29 is 14.7 Å². The Morgan fingerprint density at radius 2 is 1.76 bits per heavy atom. The number of nitrogens with zero attached hydrogens (tertiary/aromatic N) is 1. The summed E-state index contributed by atoms with van der Waals surface area (Å²) in [6, 6.07) is -2.01. The van der Waals surface area contributed by atoms with Crippen molar-refractivity contribution in [3.05, 3.63) is 4.91 Å². The first-order valence-corrected chi connectivity index (χ1v) is 5.65. The van der Waals surface area contributed by atoms with Gasteiger partial charge in [0.15, 0.2) is 6.04 Å². The van der Waals surface area contributed by atoms with Crippen LogP contribution in [0.4, 0.5) is 0 Å². The summed E-state index contributed by atoms with van der Waals surface area (Å²) in [6.07, 6.45) is 0.324. The number of aliphatic carboxylic acids is 1. The number of hydrogen-bond donors (Lipinski definition) is 2. The van der Waals surface area contributed by atoms with Crippen molar-refractivity contribution in [3.8, 4) is 0 Å². The van der Waals surface area contributed by atoms with E-state index in [2.05, 4.69) is 10.5 Å². The second-order valence-electron chi connectivity index (χ2n) is 4.82. The fraction of sp³-hybridized carbons (Fsp3) is 0.818. The SMILES string of the molecule is CC(C)C[C@H](NC(=O)[C@@H](N=O)C(C)C)C(=O)O. The fourth-order valence-corrected chi connectivity index (χ4v) is 1.42. The predicted octanol–water partition coefficient (Wildman–Crippen LogP) is 1.39. The van der Waals surface area contributed by atoms with Crippen molar-refractivity contribution in [2.24, 2.45) is 17.0 Å². The lowest BCUT2D eigenvalue weighted by atomic mass is 10.0. The number of rotatable bonds is 7. The van der Waals surface area contributed by atoms with Crippen LogP contribution < -0.4 is 5.32 Å². The molecule has 0 radical (unpaired) electrons. The van der Waals surface area contributed by atoms with E-state index in [9.17, 15) is 14.5 Å². The summed E-state index contributed by atoms with van der Waals surface area (Å²) in [7, 11) is 0. The van der Waals surface area contributed by atoms with Crippen LogP contribution >= 0.6 is 0 Å². The normalized spacial score (nSPS) is 14.5. The third-order valence-electron chi connectivity index (χ3n) is 2.34. The molecule has 1 amide bonds. The van der Waals surface area contributed by atoms with E-state index in [1.54, 1.807) is 13.8 Å². The van der Waals surface area contributed by atoms with Gasteiger partial charge in [-0.3, -0.25) is 4.79 Å². The lowest BCUT2D eigenvalue weighted by Crippen LogP contribution is -2.46. The first kappa shape index (κ1) is 15.5.